The van der Waals surface area contributed by atoms with Crippen molar-refractivity contribution in [1.82, 2.24) is 0 Å². The van der Waals surface area contributed by atoms with Crippen molar-refractivity contribution in [2.45, 2.75) is 13.1 Å². The van der Waals surface area contributed by atoms with Crippen LogP contribution in [0.2, 0.25) is 13.1 Å². The summed E-state index contributed by atoms with van der Waals surface area (Å²) < 4.78 is 0. The van der Waals surface area contributed by atoms with Crippen molar-refractivity contribution in [2.24, 2.45) is 0 Å². The van der Waals surface area contributed by atoms with Gasteiger partial charge in [-0.1, -0.05) is 67.2 Å². The predicted molar refractivity (Wildman–Crippen MR) is 108 cm³/mol. The Hall–Kier alpha value is -1.76. The van der Waals surface area contributed by atoms with Gasteiger partial charge in [-0.05, 0) is 0 Å². The molecule has 2 heteroatoms. The van der Waals surface area contributed by atoms with Crippen molar-refractivity contribution in [3.8, 4) is 0 Å². The molecule has 1 heterocycles. The molecule has 0 fully saturated rings. The zero-order chi connectivity index (χ0) is 17.3. The fourth-order valence-corrected chi connectivity index (χ4v) is 6.23. The van der Waals surface area contributed by atoms with Gasteiger partial charge in [0.2, 0.25) is 0 Å². The molecule has 0 saturated carbocycles. The Morgan fingerprint density at radius 1 is 0.769 bits per heavy atom. The van der Waals surface area contributed by atoms with Crippen molar-refractivity contribution in [2.75, 3.05) is 0 Å². The first-order valence-corrected chi connectivity index (χ1v) is 11.6. The summed E-state index contributed by atoms with van der Waals surface area (Å²) in [5.41, 5.74) is 5.01. The van der Waals surface area contributed by atoms with Crippen molar-refractivity contribution < 1.29 is 26.2 Å². The van der Waals surface area contributed by atoms with Gasteiger partial charge in [-0.15, -0.1) is 64.4 Å². The molecule has 0 saturated heterocycles. The Bertz CT molecular complexity index is 898. The van der Waals surface area contributed by atoms with Gasteiger partial charge in [-0.25, -0.2) is 0 Å². The predicted octanol–water partition coefficient (Wildman–Crippen LogP) is 5.97. The van der Waals surface area contributed by atoms with E-state index in [4.69, 9.17) is 0 Å². The summed E-state index contributed by atoms with van der Waals surface area (Å²) in [4.78, 5) is 0. The van der Waals surface area contributed by atoms with Crippen molar-refractivity contribution in [1.29, 1.82) is 0 Å². The van der Waals surface area contributed by atoms with Crippen molar-refractivity contribution in [3.05, 3.63) is 119 Å². The third-order valence-electron chi connectivity index (χ3n) is 4.85. The molecular weight excluding hydrogens is 408 g/mol. The third kappa shape index (κ3) is 3.41. The van der Waals surface area contributed by atoms with Crippen LogP contribution in [0.25, 0.3) is 10.8 Å². The number of hydrogen-bond donors (Lipinski definition) is 0. The molecule has 4 rings (SSSR count). The maximum Gasteiger partial charge on any atom is 2.00 e. The summed E-state index contributed by atoms with van der Waals surface area (Å²) in [5.74, 6) is 0. The van der Waals surface area contributed by atoms with Crippen LogP contribution in [-0.2, 0) is 26.2 Å². The van der Waals surface area contributed by atoms with E-state index >= 15 is 0 Å². The van der Waals surface area contributed by atoms with E-state index in [0.717, 1.165) is 5.56 Å². The third-order valence-corrected chi connectivity index (χ3v) is 8.14. The zero-order valence-corrected chi connectivity index (χ0v) is 18.5. The molecule has 0 unspecified atom stereocenters. The van der Waals surface area contributed by atoms with Gasteiger partial charge in [0.25, 0.3) is 0 Å². The minimum Gasteiger partial charge on any atom is -0.180 e. The first kappa shape index (κ1) is 19.0. The Labute approximate surface area is 176 Å². The maximum atomic E-state index is 3.72. The molecule has 0 N–H and O–H groups in total. The van der Waals surface area contributed by atoms with Crippen LogP contribution in [0.5, 0.6) is 0 Å². The average Bonchev–Trinajstić information content (AvgIpc) is 2.67. The quantitative estimate of drug-likeness (QED) is 0.357. The van der Waals surface area contributed by atoms with Crippen LogP contribution < -0.4 is 0 Å². The molecule has 0 aromatic heterocycles. The molecule has 3 aromatic carbocycles. The molecule has 0 aliphatic carbocycles. The summed E-state index contributed by atoms with van der Waals surface area (Å²) in [6, 6.07) is 33.0. The smallest absolute Gasteiger partial charge is 0.180 e. The molecule has 0 bridgehead atoms. The van der Waals surface area contributed by atoms with Crippen LogP contribution in [0.4, 0.5) is 0 Å². The van der Waals surface area contributed by atoms with Gasteiger partial charge in [0.05, 0.1) is 8.07 Å². The van der Waals surface area contributed by atoms with E-state index in [1.165, 1.54) is 27.1 Å². The SMILES string of the molecule is C[Si]1(C)C(c2ccccc2)=[C-]/C1=C(\c1[c-]cccc1)c1ccccc1.[Zr+2]. The zero-order valence-electron chi connectivity index (χ0n) is 15.1. The van der Waals surface area contributed by atoms with Crippen LogP contribution in [-0.4, -0.2) is 8.07 Å². The minimum absolute atomic E-state index is 0. The normalized spacial score (nSPS) is 16.8. The van der Waals surface area contributed by atoms with Crippen LogP contribution in [0.15, 0.2) is 90.1 Å². The summed E-state index contributed by atoms with van der Waals surface area (Å²) in [6.07, 6.45) is 3.72. The molecule has 1 aliphatic rings. The first-order chi connectivity index (χ1) is 12.2. The van der Waals surface area contributed by atoms with Crippen LogP contribution in [0, 0.1) is 12.1 Å². The minimum atomic E-state index is -1.71. The molecule has 124 valence electrons. The largest absolute Gasteiger partial charge is 2.00 e. The summed E-state index contributed by atoms with van der Waals surface area (Å²) in [6.45, 7) is 4.85. The molecule has 3 aromatic rings. The van der Waals surface area contributed by atoms with Gasteiger partial charge >= 0.3 is 26.2 Å². The van der Waals surface area contributed by atoms with E-state index < -0.39 is 8.07 Å². The van der Waals surface area contributed by atoms with E-state index in [-0.39, 0.29) is 26.2 Å². The van der Waals surface area contributed by atoms with E-state index in [1.54, 1.807) is 0 Å². The Morgan fingerprint density at radius 3 is 1.96 bits per heavy atom. The standard InChI is InChI=1S/C24H20Si.Zr/c1-25(2)22(19-12-6-3-7-13-19)18-23(25)24(20-14-8-4-9-15-20)21-16-10-5-11-17-21;/h3-16H,1-2H3;/q-2;+2/b24-23+;. The van der Waals surface area contributed by atoms with E-state index in [1.807, 2.05) is 12.1 Å². The van der Waals surface area contributed by atoms with Crippen molar-refractivity contribution in [3.63, 3.8) is 0 Å². The van der Waals surface area contributed by atoms with Crippen LogP contribution in [0.3, 0.4) is 0 Å². The van der Waals surface area contributed by atoms with E-state index in [0.29, 0.717) is 0 Å². The first-order valence-electron chi connectivity index (χ1n) is 8.65. The molecule has 0 atom stereocenters. The number of allylic oxidation sites excluding steroid dienone is 2. The van der Waals surface area contributed by atoms with Gasteiger partial charge in [-0.2, -0.15) is 11.3 Å². The summed E-state index contributed by atoms with van der Waals surface area (Å²) in [5, 5.41) is 2.80. The maximum absolute atomic E-state index is 3.72. The van der Waals surface area contributed by atoms with Gasteiger partial charge in [0, 0.05) is 0 Å². The van der Waals surface area contributed by atoms with Crippen LogP contribution >= 0.6 is 0 Å². The second-order valence-corrected chi connectivity index (χ2v) is 11.1. The summed E-state index contributed by atoms with van der Waals surface area (Å²) in [7, 11) is -1.71. The number of rotatable bonds is 3. The molecule has 0 nitrogen and oxygen atoms in total. The molecular formula is C24H20SiZr. The van der Waals surface area contributed by atoms with Crippen LogP contribution in [0.1, 0.15) is 16.7 Å². The molecule has 0 radical (unpaired) electrons. The second kappa shape index (κ2) is 7.86. The fraction of sp³-hybridized carbons (Fsp3) is 0.0833. The summed E-state index contributed by atoms with van der Waals surface area (Å²) >= 11 is 0. The van der Waals surface area contributed by atoms with Gasteiger partial charge in [0.1, 0.15) is 0 Å². The monoisotopic (exact) mass is 426 g/mol. The van der Waals surface area contributed by atoms with Gasteiger partial charge < -0.3 is 0 Å². The Kier molecular flexibility index (Phi) is 5.75. The molecule has 1 aliphatic heterocycles. The van der Waals surface area contributed by atoms with E-state index in [9.17, 15) is 0 Å². The molecule has 0 amide bonds. The Morgan fingerprint density at radius 2 is 1.38 bits per heavy atom. The average molecular weight is 428 g/mol. The van der Waals surface area contributed by atoms with Gasteiger partial charge in [0.15, 0.2) is 0 Å². The second-order valence-electron chi connectivity index (χ2n) is 6.88. The van der Waals surface area contributed by atoms with Gasteiger partial charge in [-0.3, -0.25) is 0 Å². The molecule has 26 heavy (non-hydrogen) atoms. The number of hydrogen-bond acceptors (Lipinski definition) is 0. The fourth-order valence-electron chi connectivity index (χ4n) is 3.50. The number of benzene rings is 3. The Balaban J connectivity index is 0.00000196. The van der Waals surface area contributed by atoms with E-state index in [2.05, 4.69) is 98.0 Å². The molecule has 0 spiro atoms. The topological polar surface area (TPSA) is 0 Å². The van der Waals surface area contributed by atoms with Crippen molar-refractivity contribution >= 4 is 18.8 Å².